The minimum atomic E-state index is 0.491. The van der Waals surface area contributed by atoms with Gasteiger partial charge in [0.05, 0.1) is 11.4 Å². The topological polar surface area (TPSA) is 54.7 Å². The Kier molecular flexibility index (Phi) is 2.33. The number of aryl methyl sites for hydroxylation is 1. The first kappa shape index (κ1) is 8.97. The zero-order valence-corrected chi connectivity index (χ0v) is 8.12. The van der Waals surface area contributed by atoms with Crippen molar-refractivity contribution in [2.45, 2.75) is 13.5 Å². The van der Waals surface area contributed by atoms with Gasteiger partial charge in [0, 0.05) is 12.1 Å². The maximum Gasteiger partial charge on any atom is 0.103 e. The highest BCUT2D eigenvalue weighted by Crippen LogP contribution is 2.20. The average molecular weight is 187 g/mol. The monoisotopic (exact) mass is 187 g/mol. The highest BCUT2D eigenvalue weighted by molar-refractivity contribution is 5.61. The van der Waals surface area contributed by atoms with E-state index in [4.69, 9.17) is 5.73 Å². The molecule has 0 radical (unpaired) electrons. The van der Waals surface area contributed by atoms with E-state index in [0.29, 0.717) is 6.54 Å². The first-order valence-electron chi connectivity index (χ1n) is 4.62. The third kappa shape index (κ3) is 1.54. The summed E-state index contributed by atoms with van der Waals surface area (Å²) in [6.07, 6.45) is 0. The number of H-pyrrole nitrogens is 1. The lowest BCUT2D eigenvalue weighted by atomic mass is 10.1. The van der Waals surface area contributed by atoms with E-state index in [1.165, 1.54) is 0 Å². The molecule has 2 aromatic rings. The van der Waals surface area contributed by atoms with E-state index in [9.17, 15) is 0 Å². The van der Waals surface area contributed by atoms with E-state index >= 15 is 0 Å². The Hall–Kier alpha value is -1.61. The zero-order chi connectivity index (χ0) is 9.97. The van der Waals surface area contributed by atoms with Gasteiger partial charge in [0.25, 0.3) is 0 Å². The fourth-order valence-electron chi connectivity index (χ4n) is 1.52. The Balaban J connectivity index is 2.51. The van der Waals surface area contributed by atoms with Crippen LogP contribution in [-0.4, -0.2) is 9.97 Å². The molecule has 0 bridgehead atoms. The third-order valence-corrected chi connectivity index (χ3v) is 2.15. The Labute approximate surface area is 83.0 Å². The minimum Gasteiger partial charge on any atom is -0.345 e. The Bertz CT molecular complexity index is 417. The first-order valence-corrected chi connectivity index (χ1v) is 4.62. The van der Waals surface area contributed by atoms with Crippen molar-refractivity contribution in [3.05, 3.63) is 41.9 Å². The van der Waals surface area contributed by atoms with Crippen LogP contribution in [0.3, 0.4) is 0 Å². The van der Waals surface area contributed by atoms with Crippen molar-refractivity contribution in [3.63, 3.8) is 0 Å². The van der Waals surface area contributed by atoms with E-state index in [2.05, 4.69) is 9.97 Å². The van der Waals surface area contributed by atoms with E-state index in [-0.39, 0.29) is 0 Å². The van der Waals surface area contributed by atoms with Crippen LogP contribution < -0.4 is 5.73 Å². The van der Waals surface area contributed by atoms with Gasteiger partial charge in [-0.25, -0.2) is 4.98 Å². The van der Waals surface area contributed by atoms with Crippen LogP contribution >= 0.6 is 0 Å². The molecule has 0 spiro atoms. The second-order valence-corrected chi connectivity index (χ2v) is 3.22. The van der Waals surface area contributed by atoms with Gasteiger partial charge in [0.15, 0.2) is 0 Å². The van der Waals surface area contributed by atoms with Gasteiger partial charge in [-0.1, -0.05) is 30.3 Å². The average Bonchev–Trinajstić information content (AvgIpc) is 2.61. The predicted octanol–water partition coefficient (Wildman–Crippen LogP) is 1.84. The Morgan fingerprint density at radius 1 is 1.29 bits per heavy atom. The van der Waals surface area contributed by atoms with Gasteiger partial charge < -0.3 is 10.7 Å². The molecule has 72 valence electrons. The molecule has 3 N–H and O–H groups in total. The number of imidazole rings is 1. The lowest BCUT2D eigenvalue weighted by Crippen LogP contribution is -1.98. The molecule has 0 aliphatic rings. The minimum absolute atomic E-state index is 0.491. The Morgan fingerprint density at radius 3 is 2.64 bits per heavy atom. The number of nitrogens with two attached hydrogens (primary N) is 1. The second kappa shape index (κ2) is 3.64. The molecule has 0 atom stereocenters. The van der Waals surface area contributed by atoms with Crippen LogP contribution in [0.2, 0.25) is 0 Å². The molecular weight excluding hydrogens is 174 g/mol. The van der Waals surface area contributed by atoms with Crippen LogP contribution in [0.5, 0.6) is 0 Å². The number of aromatic amines is 1. The van der Waals surface area contributed by atoms with Crippen molar-refractivity contribution in [3.8, 4) is 11.3 Å². The number of hydrogen-bond acceptors (Lipinski definition) is 2. The summed E-state index contributed by atoms with van der Waals surface area (Å²) in [5.41, 5.74) is 8.70. The van der Waals surface area contributed by atoms with Crippen LogP contribution in [0.4, 0.5) is 0 Å². The molecule has 0 fully saturated rings. The number of nitrogens with one attached hydrogen (secondary N) is 1. The number of benzene rings is 1. The summed E-state index contributed by atoms with van der Waals surface area (Å²) in [5, 5.41) is 0. The molecule has 0 saturated carbocycles. The molecular formula is C11H13N3. The summed E-state index contributed by atoms with van der Waals surface area (Å²) >= 11 is 0. The summed E-state index contributed by atoms with van der Waals surface area (Å²) in [6, 6.07) is 10.1. The van der Waals surface area contributed by atoms with Crippen LogP contribution in [-0.2, 0) is 6.54 Å². The van der Waals surface area contributed by atoms with Crippen molar-refractivity contribution in [2.75, 3.05) is 0 Å². The molecule has 3 heteroatoms. The smallest absolute Gasteiger partial charge is 0.103 e. The molecule has 0 unspecified atom stereocenters. The zero-order valence-electron chi connectivity index (χ0n) is 8.12. The van der Waals surface area contributed by atoms with Crippen molar-refractivity contribution in [1.29, 1.82) is 0 Å². The van der Waals surface area contributed by atoms with Gasteiger partial charge in [-0.05, 0) is 6.92 Å². The number of hydrogen-bond donors (Lipinski definition) is 2. The van der Waals surface area contributed by atoms with Crippen molar-refractivity contribution >= 4 is 0 Å². The molecule has 2 rings (SSSR count). The molecule has 0 aliphatic carbocycles. The summed E-state index contributed by atoms with van der Waals surface area (Å²) in [6.45, 7) is 2.43. The van der Waals surface area contributed by atoms with Crippen LogP contribution in [0.1, 0.15) is 11.5 Å². The van der Waals surface area contributed by atoms with Gasteiger partial charge >= 0.3 is 0 Å². The number of rotatable bonds is 2. The summed E-state index contributed by atoms with van der Waals surface area (Å²) < 4.78 is 0. The SMILES string of the molecule is Cc1nc(-c2ccccc2)c(CN)[nH]1. The molecule has 0 aliphatic heterocycles. The van der Waals surface area contributed by atoms with Crippen LogP contribution in [0.15, 0.2) is 30.3 Å². The fourth-order valence-corrected chi connectivity index (χ4v) is 1.52. The predicted molar refractivity (Wildman–Crippen MR) is 56.7 cm³/mol. The summed E-state index contributed by atoms with van der Waals surface area (Å²) in [4.78, 5) is 7.57. The number of nitrogens with zero attached hydrogens (tertiary/aromatic N) is 1. The van der Waals surface area contributed by atoms with Crippen molar-refractivity contribution < 1.29 is 0 Å². The molecule has 3 nitrogen and oxygen atoms in total. The first-order chi connectivity index (χ1) is 6.81. The number of aromatic nitrogens is 2. The highest BCUT2D eigenvalue weighted by Gasteiger charge is 2.07. The van der Waals surface area contributed by atoms with Crippen molar-refractivity contribution in [2.24, 2.45) is 5.73 Å². The largest absolute Gasteiger partial charge is 0.345 e. The van der Waals surface area contributed by atoms with Gasteiger partial charge in [0.2, 0.25) is 0 Å². The molecule has 1 aromatic carbocycles. The normalized spacial score (nSPS) is 10.4. The van der Waals surface area contributed by atoms with Gasteiger partial charge in [-0.15, -0.1) is 0 Å². The van der Waals surface area contributed by atoms with E-state index in [0.717, 1.165) is 22.8 Å². The third-order valence-electron chi connectivity index (χ3n) is 2.15. The standard InChI is InChI=1S/C11H13N3/c1-8-13-10(7-12)11(14-8)9-5-3-2-4-6-9/h2-6H,7,12H2,1H3,(H,13,14). The van der Waals surface area contributed by atoms with E-state index in [1.807, 2.05) is 37.3 Å². The van der Waals surface area contributed by atoms with E-state index in [1.54, 1.807) is 0 Å². The maximum absolute atomic E-state index is 5.63. The lowest BCUT2D eigenvalue weighted by molar-refractivity contribution is 0.998. The molecule has 1 aromatic heterocycles. The Morgan fingerprint density at radius 2 is 2.00 bits per heavy atom. The highest BCUT2D eigenvalue weighted by atomic mass is 14.9. The second-order valence-electron chi connectivity index (χ2n) is 3.22. The maximum atomic E-state index is 5.63. The molecule has 0 saturated heterocycles. The van der Waals surface area contributed by atoms with Gasteiger partial charge in [0.1, 0.15) is 5.82 Å². The molecule has 0 amide bonds. The van der Waals surface area contributed by atoms with E-state index < -0.39 is 0 Å². The quantitative estimate of drug-likeness (QED) is 0.753. The molecule has 14 heavy (non-hydrogen) atoms. The fraction of sp³-hybridized carbons (Fsp3) is 0.182. The summed E-state index contributed by atoms with van der Waals surface area (Å²) in [7, 11) is 0. The summed E-state index contributed by atoms with van der Waals surface area (Å²) in [5.74, 6) is 0.907. The van der Waals surface area contributed by atoms with Crippen LogP contribution in [0, 0.1) is 6.92 Å². The molecule has 1 heterocycles. The van der Waals surface area contributed by atoms with Gasteiger partial charge in [-0.3, -0.25) is 0 Å². The van der Waals surface area contributed by atoms with Gasteiger partial charge in [-0.2, -0.15) is 0 Å². The van der Waals surface area contributed by atoms with Crippen LogP contribution in [0.25, 0.3) is 11.3 Å². The lowest BCUT2D eigenvalue weighted by Gasteiger charge is -1.98. The van der Waals surface area contributed by atoms with Crippen molar-refractivity contribution in [1.82, 2.24) is 9.97 Å².